The maximum Gasteiger partial charge on any atom is 0.107 e. The monoisotopic (exact) mass is 93.1 g/mol. The highest BCUT2D eigenvalue weighted by molar-refractivity contribution is 4.52. The molecule has 3 N–H and O–H groups in total. The van der Waals surface area contributed by atoms with Gasteiger partial charge in [0.25, 0.3) is 0 Å². The summed E-state index contributed by atoms with van der Waals surface area (Å²) in [4.78, 5) is 0. The third-order valence-electron chi connectivity index (χ3n) is 0.433. The molecular formula is C3H8FNO. The summed E-state index contributed by atoms with van der Waals surface area (Å²) in [5.74, 6) is 0. The fourth-order valence-corrected chi connectivity index (χ4v) is 0.0488. The SMILES string of the molecule is N[C@@H](CO)CF. The van der Waals surface area contributed by atoms with Crippen molar-refractivity contribution in [2.75, 3.05) is 13.3 Å². The predicted molar refractivity (Wildman–Crippen MR) is 21.0 cm³/mol. The molecule has 6 heavy (non-hydrogen) atoms. The van der Waals surface area contributed by atoms with Crippen LogP contribution in [-0.4, -0.2) is 24.4 Å². The molecule has 38 valence electrons. The fraction of sp³-hybridized carbons (Fsp3) is 1.00. The van der Waals surface area contributed by atoms with Gasteiger partial charge in [-0.2, -0.15) is 0 Å². The van der Waals surface area contributed by atoms with Crippen molar-refractivity contribution < 1.29 is 9.50 Å². The second-order valence-electron chi connectivity index (χ2n) is 1.10. The molecule has 0 saturated heterocycles. The highest BCUT2D eigenvalue weighted by atomic mass is 19.1. The van der Waals surface area contributed by atoms with E-state index in [2.05, 4.69) is 0 Å². The minimum absolute atomic E-state index is 0.267. The van der Waals surface area contributed by atoms with Gasteiger partial charge in [-0.05, 0) is 0 Å². The Hall–Kier alpha value is -0.150. The first-order chi connectivity index (χ1) is 2.81. The van der Waals surface area contributed by atoms with Gasteiger partial charge in [-0.1, -0.05) is 0 Å². The molecule has 0 spiro atoms. The Kier molecular flexibility index (Phi) is 2.98. The summed E-state index contributed by atoms with van der Waals surface area (Å²) in [5.41, 5.74) is 4.85. The van der Waals surface area contributed by atoms with E-state index in [1.807, 2.05) is 0 Å². The quantitative estimate of drug-likeness (QED) is 0.473. The minimum Gasteiger partial charge on any atom is -0.395 e. The van der Waals surface area contributed by atoms with Crippen molar-refractivity contribution in [2.45, 2.75) is 6.04 Å². The van der Waals surface area contributed by atoms with Gasteiger partial charge in [0.05, 0.1) is 12.6 Å². The van der Waals surface area contributed by atoms with Gasteiger partial charge in [-0.15, -0.1) is 0 Å². The van der Waals surface area contributed by atoms with Crippen molar-refractivity contribution in [3.05, 3.63) is 0 Å². The van der Waals surface area contributed by atoms with Crippen molar-refractivity contribution >= 4 is 0 Å². The second-order valence-corrected chi connectivity index (χ2v) is 1.10. The molecule has 0 rings (SSSR count). The molecule has 0 aromatic carbocycles. The average molecular weight is 93.1 g/mol. The summed E-state index contributed by atoms with van der Waals surface area (Å²) in [6.45, 7) is -0.910. The lowest BCUT2D eigenvalue weighted by Gasteiger charge is -1.96. The zero-order chi connectivity index (χ0) is 4.99. The number of alkyl halides is 1. The lowest BCUT2D eigenvalue weighted by atomic mass is 10.4. The van der Waals surface area contributed by atoms with Gasteiger partial charge in [0.1, 0.15) is 6.67 Å². The standard InChI is InChI=1S/C3H8FNO/c4-1-3(5)2-6/h3,6H,1-2,5H2/t3-/m1/s1. The van der Waals surface area contributed by atoms with Crippen LogP contribution in [0.25, 0.3) is 0 Å². The molecule has 0 aliphatic carbocycles. The van der Waals surface area contributed by atoms with Crippen LogP contribution in [0.1, 0.15) is 0 Å². The molecule has 0 amide bonds. The van der Waals surface area contributed by atoms with Crippen LogP contribution >= 0.6 is 0 Å². The van der Waals surface area contributed by atoms with Crippen LogP contribution in [0, 0.1) is 0 Å². The van der Waals surface area contributed by atoms with E-state index in [1.54, 1.807) is 0 Å². The smallest absolute Gasteiger partial charge is 0.107 e. The van der Waals surface area contributed by atoms with E-state index in [0.717, 1.165) is 0 Å². The lowest BCUT2D eigenvalue weighted by molar-refractivity contribution is 0.242. The Morgan fingerprint density at radius 1 is 1.83 bits per heavy atom. The maximum atomic E-state index is 11.1. The average Bonchev–Trinajstić information content (AvgIpc) is 1.65. The van der Waals surface area contributed by atoms with Gasteiger partial charge < -0.3 is 10.8 Å². The van der Waals surface area contributed by atoms with E-state index in [1.165, 1.54) is 0 Å². The fourth-order valence-electron chi connectivity index (χ4n) is 0.0488. The molecular weight excluding hydrogens is 85.0 g/mol. The Balaban J connectivity index is 2.75. The van der Waals surface area contributed by atoms with Crippen molar-refractivity contribution in [1.82, 2.24) is 0 Å². The third kappa shape index (κ3) is 2.11. The van der Waals surface area contributed by atoms with E-state index >= 15 is 0 Å². The van der Waals surface area contributed by atoms with Gasteiger partial charge in [-0.25, -0.2) is 4.39 Å². The number of halogens is 1. The highest BCUT2D eigenvalue weighted by Crippen LogP contribution is 1.73. The Labute approximate surface area is 35.8 Å². The number of rotatable bonds is 2. The lowest BCUT2D eigenvalue weighted by Crippen LogP contribution is -2.26. The molecule has 0 radical (unpaired) electrons. The van der Waals surface area contributed by atoms with Crippen LogP contribution < -0.4 is 5.73 Å². The topological polar surface area (TPSA) is 46.2 Å². The number of hydrogen-bond donors (Lipinski definition) is 2. The van der Waals surface area contributed by atoms with Gasteiger partial charge in [0.2, 0.25) is 0 Å². The zero-order valence-corrected chi connectivity index (χ0v) is 3.39. The maximum absolute atomic E-state index is 11.1. The summed E-state index contributed by atoms with van der Waals surface area (Å²) < 4.78 is 11.1. The zero-order valence-electron chi connectivity index (χ0n) is 3.39. The van der Waals surface area contributed by atoms with Crippen molar-refractivity contribution in [3.63, 3.8) is 0 Å². The first kappa shape index (κ1) is 5.85. The molecule has 0 fully saturated rings. The van der Waals surface area contributed by atoms with E-state index in [0.29, 0.717) is 0 Å². The summed E-state index contributed by atoms with van der Waals surface area (Å²) in [6.07, 6.45) is 0. The van der Waals surface area contributed by atoms with E-state index in [9.17, 15) is 4.39 Å². The third-order valence-corrected chi connectivity index (χ3v) is 0.433. The molecule has 0 aromatic rings. The number of hydrogen-bond acceptors (Lipinski definition) is 2. The minimum atomic E-state index is -0.676. The summed E-state index contributed by atoms with van der Waals surface area (Å²) in [5, 5.41) is 7.97. The molecule has 3 heteroatoms. The summed E-state index contributed by atoms with van der Waals surface area (Å²) in [6, 6.07) is -0.676. The van der Waals surface area contributed by atoms with Crippen LogP contribution in [-0.2, 0) is 0 Å². The molecule has 0 aliphatic rings. The first-order valence-electron chi connectivity index (χ1n) is 1.73. The number of nitrogens with two attached hydrogens (primary N) is 1. The van der Waals surface area contributed by atoms with E-state index in [-0.39, 0.29) is 6.61 Å². The van der Waals surface area contributed by atoms with Gasteiger partial charge in [0.15, 0.2) is 0 Å². The molecule has 0 saturated carbocycles. The van der Waals surface area contributed by atoms with Crippen molar-refractivity contribution in [3.8, 4) is 0 Å². The van der Waals surface area contributed by atoms with Gasteiger partial charge in [0, 0.05) is 0 Å². The molecule has 0 heterocycles. The second kappa shape index (κ2) is 3.06. The van der Waals surface area contributed by atoms with Crippen LogP contribution in [0.15, 0.2) is 0 Å². The normalized spacial score (nSPS) is 14.5. The Morgan fingerprint density at radius 2 is 2.33 bits per heavy atom. The van der Waals surface area contributed by atoms with Crippen molar-refractivity contribution in [2.24, 2.45) is 5.73 Å². The van der Waals surface area contributed by atoms with Gasteiger partial charge in [-0.3, -0.25) is 0 Å². The molecule has 0 aromatic heterocycles. The van der Waals surface area contributed by atoms with Crippen LogP contribution in [0.5, 0.6) is 0 Å². The first-order valence-corrected chi connectivity index (χ1v) is 1.73. The Morgan fingerprint density at radius 3 is 2.33 bits per heavy atom. The molecule has 2 nitrogen and oxygen atoms in total. The Bertz CT molecular complexity index is 30.0. The number of aliphatic hydroxyl groups excluding tert-OH is 1. The van der Waals surface area contributed by atoms with Crippen molar-refractivity contribution in [1.29, 1.82) is 0 Å². The van der Waals surface area contributed by atoms with Crippen LogP contribution in [0.2, 0.25) is 0 Å². The highest BCUT2D eigenvalue weighted by Gasteiger charge is 1.93. The van der Waals surface area contributed by atoms with Gasteiger partial charge >= 0.3 is 0 Å². The molecule has 1 atom stereocenters. The molecule has 0 bridgehead atoms. The van der Waals surface area contributed by atoms with Crippen LogP contribution in [0.3, 0.4) is 0 Å². The summed E-state index contributed by atoms with van der Waals surface area (Å²) in [7, 11) is 0. The van der Waals surface area contributed by atoms with Crippen LogP contribution in [0.4, 0.5) is 4.39 Å². The number of aliphatic hydroxyl groups is 1. The van der Waals surface area contributed by atoms with E-state index < -0.39 is 12.7 Å². The predicted octanol–water partition coefficient (Wildman–Crippen LogP) is -0.725. The molecule has 0 unspecified atom stereocenters. The largest absolute Gasteiger partial charge is 0.395 e. The van der Waals surface area contributed by atoms with E-state index in [4.69, 9.17) is 10.8 Å². The summed E-state index contributed by atoms with van der Waals surface area (Å²) >= 11 is 0. The molecule has 0 aliphatic heterocycles.